The average molecular weight is 264 g/mol. The summed E-state index contributed by atoms with van der Waals surface area (Å²) in [5.74, 6) is 0. The summed E-state index contributed by atoms with van der Waals surface area (Å²) < 4.78 is 0. The standard InChI is InChI=1S/C16H12N2S/c17-12-7-5-10(6-8-12)16-18-15-13-4-2-1-3-11(13)9-14(15)19-16/h1-8H,9,17H2. The van der Waals surface area contributed by atoms with Gasteiger partial charge in [-0.3, -0.25) is 0 Å². The summed E-state index contributed by atoms with van der Waals surface area (Å²) in [7, 11) is 0. The van der Waals surface area contributed by atoms with Crippen molar-refractivity contribution >= 4 is 17.0 Å². The molecule has 3 aromatic rings. The molecular weight excluding hydrogens is 252 g/mol. The molecular formula is C16H12N2S. The highest BCUT2D eigenvalue weighted by atomic mass is 32.1. The summed E-state index contributed by atoms with van der Waals surface area (Å²) in [6, 6.07) is 16.4. The summed E-state index contributed by atoms with van der Waals surface area (Å²) in [6.45, 7) is 0. The summed E-state index contributed by atoms with van der Waals surface area (Å²) >= 11 is 1.79. The van der Waals surface area contributed by atoms with Crippen LogP contribution < -0.4 is 5.73 Å². The van der Waals surface area contributed by atoms with Crippen LogP contribution in [0.2, 0.25) is 0 Å². The van der Waals surface area contributed by atoms with E-state index >= 15 is 0 Å². The van der Waals surface area contributed by atoms with Crippen LogP contribution in [0.3, 0.4) is 0 Å². The maximum atomic E-state index is 5.72. The van der Waals surface area contributed by atoms with Gasteiger partial charge >= 0.3 is 0 Å². The Kier molecular flexibility index (Phi) is 2.23. The molecule has 0 amide bonds. The average Bonchev–Trinajstić information content (AvgIpc) is 2.97. The predicted octanol–water partition coefficient (Wildman–Crippen LogP) is 3.96. The van der Waals surface area contributed by atoms with Crippen LogP contribution in [-0.4, -0.2) is 4.98 Å². The largest absolute Gasteiger partial charge is 0.399 e. The molecule has 1 aliphatic carbocycles. The maximum Gasteiger partial charge on any atom is 0.124 e. The minimum atomic E-state index is 0.790. The minimum absolute atomic E-state index is 0.790. The lowest BCUT2D eigenvalue weighted by Gasteiger charge is -1.99. The molecule has 0 aliphatic heterocycles. The number of nitrogens with two attached hydrogens (primary N) is 1. The van der Waals surface area contributed by atoms with Crippen LogP contribution in [0, 0.1) is 0 Å². The Morgan fingerprint density at radius 3 is 2.63 bits per heavy atom. The van der Waals surface area contributed by atoms with Gasteiger partial charge < -0.3 is 5.73 Å². The van der Waals surface area contributed by atoms with Crippen LogP contribution in [-0.2, 0) is 6.42 Å². The first-order chi connectivity index (χ1) is 9.31. The van der Waals surface area contributed by atoms with Gasteiger partial charge in [0, 0.05) is 28.1 Å². The summed E-state index contributed by atoms with van der Waals surface area (Å²) in [5.41, 5.74) is 11.5. The Balaban J connectivity index is 1.82. The Bertz CT molecular complexity index is 757. The van der Waals surface area contributed by atoms with E-state index in [0.717, 1.165) is 28.4 Å². The van der Waals surface area contributed by atoms with Gasteiger partial charge in [0.1, 0.15) is 5.01 Å². The number of thiazole rings is 1. The maximum absolute atomic E-state index is 5.72. The fourth-order valence-corrected chi connectivity index (χ4v) is 3.61. The lowest BCUT2D eigenvalue weighted by molar-refractivity contribution is 1.31. The van der Waals surface area contributed by atoms with E-state index in [2.05, 4.69) is 24.3 Å². The lowest BCUT2D eigenvalue weighted by atomic mass is 10.1. The lowest BCUT2D eigenvalue weighted by Crippen LogP contribution is -1.84. The molecule has 0 saturated carbocycles. The SMILES string of the molecule is Nc1ccc(-c2nc3c(s2)Cc2ccccc2-3)cc1. The molecule has 2 nitrogen and oxygen atoms in total. The number of nitrogens with zero attached hydrogens (tertiary/aromatic N) is 1. The second-order valence-corrected chi connectivity index (χ2v) is 5.83. The van der Waals surface area contributed by atoms with Gasteiger partial charge in [-0.25, -0.2) is 4.98 Å². The molecule has 0 atom stereocenters. The van der Waals surface area contributed by atoms with Gasteiger partial charge in [0.15, 0.2) is 0 Å². The van der Waals surface area contributed by atoms with Crippen molar-refractivity contribution < 1.29 is 0 Å². The number of rotatable bonds is 1. The van der Waals surface area contributed by atoms with Gasteiger partial charge in [-0.05, 0) is 29.8 Å². The number of hydrogen-bond acceptors (Lipinski definition) is 3. The van der Waals surface area contributed by atoms with E-state index in [4.69, 9.17) is 10.7 Å². The highest BCUT2D eigenvalue weighted by Crippen LogP contribution is 2.41. The second-order valence-electron chi connectivity index (χ2n) is 4.75. The van der Waals surface area contributed by atoms with Crippen molar-refractivity contribution in [2.45, 2.75) is 6.42 Å². The fourth-order valence-electron chi connectivity index (χ4n) is 2.51. The molecule has 1 aromatic heterocycles. The smallest absolute Gasteiger partial charge is 0.124 e. The summed E-state index contributed by atoms with van der Waals surface area (Å²) in [5, 5.41) is 1.08. The Hall–Kier alpha value is -2.13. The van der Waals surface area contributed by atoms with E-state index in [-0.39, 0.29) is 0 Å². The molecule has 1 aliphatic rings. The highest BCUT2D eigenvalue weighted by molar-refractivity contribution is 7.15. The third kappa shape index (κ3) is 1.66. The molecule has 1 heterocycles. The van der Waals surface area contributed by atoms with Crippen molar-refractivity contribution in [2.75, 3.05) is 5.73 Å². The molecule has 0 saturated heterocycles. The Morgan fingerprint density at radius 2 is 1.79 bits per heavy atom. The summed E-state index contributed by atoms with van der Waals surface area (Å²) in [6.07, 6.45) is 1.01. The molecule has 92 valence electrons. The van der Waals surface area contributed by atoms with Crippen molar-refractivity contribution in [3.05, 3.63) is 59.0 Å². The van der Waals surface area contributed by atoms with E-state index < -0.39 is 0 Å². The van der Waals surface area contributed by atoms with Crippen LogP contribution in [0.15, 0.2) is 48.5 Å². The van der Waals surface area contributed by atoms with E-state index in [9.17, 15) is 0 Å². The predicted molar refractivity (Wildman–Crippen MR) is 80.2 cm³/mol. The first-order valence-corrected chi connectivity index (χ1v) is 7.07. The minimum Gasteiger partial charge on any atom is -0.399 e. The summed E-state index contributed by atoms with van der Waals surface area (Å²) in [4.78, 5) is 6.18. The number of hydrogen-bond donors (Lipinski definition) is 1. The number of aromatic nitrogens is 1. The van der Waals surface area contributed by atoms with Gasteiger partial charge in [-0.15, -0.1) is 11.3 Å². The quantitative estimate of drug-likeness (QED) is 0.528. The van der Waals surface area contributed by atoms with E-state index in [1.807, 2.05) is 24.3 Å². The van der Waals surface area contributed by atoms with Crippen molar-refractivity contribution in [2.24, 2.45) is 0 Å². The third-order valence-electron chi connectivity index (χ3n) is 3.48. The molecule has 19 heavy (non-hydrogen) atoms. The first-order valence-electron chi connectivity index (χ1n) is 6.25. The van der Waals surface area contributed by atoms with E-state index in [1.165, 1.54) is 16.0 Å². The first kappa shape index (κ1) is 10.8. The molecule has 4 rings (SSSR count). The number of nitrogen functional groups attached to an aromatic ring is 1. The van der Waals surface area contributed by atoms with Crippen LogP contribution in [0.5, 0.6) is 0 Å². The molecule has 0 unspecified atom stereocenters. The zero-order valence-electron chi connectivity index (χ0n) is 10.3. The molecule has 3 heteroatoms. The zero-order valence-corrected chi connectivity index (χ0v) is 11.1. The van der Waals surface area contributed by atoms with E-state index in [0.29, 0.717) is 0 Å². The van der Waals surface area contributed by atoms with Gasteiger partial charge in [0.25, 0.3) is 0 Å². The molecule has 2 N–H and O–H groups in total. The van der Waals surface area contributed by atoms with Crippen molar-refractivity contribution in [1.82, 2.24) is 4.98 Å². The van der Waals surface area contributed by atoms with Gasteiger partial charge in [0.2, 0.25) is 0 Å². The number of fused-ring (bicyclic) bond motifs is 3. The van der Waals surface area contributed by atoms with Gasteiger partial charge in [-0.1, -0.05) is 24.3 Å². The Labute approximate surface area is 115 Å². The topological polar surface area (TPSA) is 38.9 Å². The highest BCUT2D eigenvalue weighted by Gasteiger charge is 2.22. The van der Waals surface area contributed by atoms with E-state index in [1.54, 1.807) is 11.3 Å². The van der Waals surface area contributed by atoms with Crippen LogP contribution >= 0.6 is 11.3 Å². The third-order valence-corrected chi connectivity index (χ3v) is 4.58. The molecule has 0 spiro atoms. The monoisotopic (exact) mass is 264 g/mol. The number of benzene rings is 2. The molecule has 0 radical (unpaired) electrons. The van der Waals surface area contributed by atoms with Crippen LogP contribution in [0.25, 0.3) is 21.8 Å². The van der Waals surface area contributed by atoms with Gasteiger partial charge in [0.05, 0.1) is 5.69 Å². The Morgan fingerprint density at radius 1 is 1.00 bits per heavy atom. The van der Waals surface area contributed by atoms with Crippen LogP contribution in [0.1, 0.15) is 10.4 Å². The number of anilines is 1. The van der Waals surface area contributed by atoms with Gasteiger partial charge in [-0.2, -0.15) is 0 Å². The molecule has 0 bridgehead atoms. The van der Waals surface area contributed by atoms with Crippen molar-refractivity contribution in [1.29, 1.82) is 0 Å². The van der Waals surface area contributed by atoms with Crippen molar-refractivity contribution in [3.63, 3.8) is 0 Å². The zero-order chi connectivity index (χ0) is 12.8. The van der Waals surface area contributed by atoms with Crippen LogP contribution in [0.4, 0.5) is 5.69 Å². The second kappa shape index (κ2) is 3.93. The fraction of sp³-hybridized carbons (Fsp3) is 0.0625. The molecule has 2 aromatic carbocycles. The normalized spacial score (nSPS) is 12.2. The molecule has 0 fully saturated rings. The van der Waals surface area contributed by atoms with Crippen molar-refractivity contribution in [3.8, 4) is 21.8 Å².